The summed E-state index contributed by atoms with van der Waals surface area (Å²) in [5, 5.41) is 10.4. The van der Waals surface area contributed by atoms with Gasteiger partial charge in [0.2, 0.25) is 5.91 Å². The van der Waals surface area contributed by atoms with Gasteiger partial charge in [0.15, 0.2) is 0 Å². The zero-order valence-corrected chi connectivity index (χ0v) is 11.0. The van der Waals surface area contributed by atoms with E-state index in [2.05, 4.69) is 20.0 Å². The molecule has 0 aliphatic rings. The lowest BCUT2D eigenvalue weighted by molar-refractivity contribution is -0.115. The highest BCUT2D eigenvalue weighted by Gasteiger charge is 2.19. The molecule has 1 amide bonds. The lowest BCUT2D eigenvalue weighted by atomic mass is 10.1. The van der Waals surface area contributed by atoms with E-state index in [4.69, 9.17) is 0 Å². The number of halogens is 2. The summed E-state index contributed by atoms with van der Waals surface area (Å²) in [4.78, 5) is 11.8. The fraction of sp³-hybridized carbons (Fsp3) is 0.400. The standard InChI is InChI=1S/C10H11F2N5OS/c1-5-7(6(2)17(15-5)10(11)12)3-8(18)14-9-4-13-16-19-9/h4,10H,3H2,1-2H3,(H,14,18). The Bertz CT molecular complexity index is 581. The number of amides is 1. The van der Waals surface area contributed by atoms with Crippen LogP contribution in [0.3, 0.4) is 0 Å². The zero-order chi connectivity index (χ0) is 14.0. The maximum atomic E-state index is 12.6. The molecular weight excluding hydrogens is 276 g/mol. The molecule has 0 fully saturated rings. The monoisotopic (exact) mass is 287 g/mol. The van der Waals surface area contributed by atoms with Crippen molar-refractivity contribution in [3.05, 3.63) is 23.1 Å². The molecule has 102 valence electrons. The Morgan fingerprint density at radius 1 is 1.53 bits per heavy atom. The van der Waals surface area contributed by atoms with E-state index in [0.717, 1.165) is 11.5 Å². The van der Waals surface area contributed by atoms with Gasteiger partial charge in [-0.05, 0) is 13.8 Å². The maximum Gasteiger partial charge on any atom is 0.333 e. The van der Waals surface area contributed by atoms with Gasteiger partial charge in [0.05, 0.1) is 18.3 Å². The molecule has 19 heavy (non-hydrogen) atoms. The Morgan fingerprint density at radius 3 is 2.79 bits per heavy atom. The van der Waals surface area contributed by atoms with Crippen molar-refractivity contribution >= 4 is 22.4 Å². The second kappa shape index (κ2) is 5.39. The molecule has 0 spiro atoms. The summed E-state index contributed by atoms with van der Waals surface area (Å²) in [5.41, 5.74) is 1.23. The van der Waals surface area contributed by atoms with Crippen molar-refractivity contribution in [2.75, 3.05) is 5.32 Å². The molecule has 0 unspecified atom stereocenters. The predicted molar refractivity (Wildman–Crippen MR) is 65.2 cm³/mol. The summed E-state index contributed by atoms with van der Waals surface area (Å²) in [7, 11) is 0. The number of alkyl halides is 2. The molecule has 0 aliphatic carbocycles. The summed E-state index contributed by atoms with van der Waals surface area (Å²) >= 11 is 1.05. The molecule has 2 heterocycles. The first kappa shape index (κ1) is 13.5. The Morgan fingerprint density at radius 2 is 2.26 bits per heavy atom. The molecule has 1 N–H and O–H groups in total. The molecule has 2 rings (SSSR count). The van der Waals surface area contributed by atoms with Crippen molar-refractivity contribution in [2.24, 2.45) is 0 Å². The van der Waals surface area contributed by atoms with E-state index in [-0.39, 0.29) is 12.3 Å². The van der Waals surface area contributed by atoms with E-state index in [1.807, 2.05) is 0 Å². The van der Waals surface area contributed by atoms with Gasteiger partial charge in [0, 0.05) is 22.8 Å². The van der Waals surface area contributed by atoms with Crippen molar-refractivity contribution in [1.82, 2.24) is 19.4 Å². The van der Waals surface area contributed by atoms with Crippen molar-refractivity contribution in [3.63, 3.8) is 0 Å². The van der Waals surface area contributed by atoms with Crippen LogP contribution in [0.5, 0.6) is 0 Å². The second-order valence-corrected chi connectivity index (χ2v) is 4.66. The number of nitrogens with zero attached hydrogens (tertiary/aromatic N) is 4. The Kier molecular flexibility index (Phi) is 3.84. The Labute approximate surface area is 111 Å². The fourth-order valence-electron chi connectivity index (χ4n) is 1.71. The van der Waals surface area contributed by atoms with Crippen LogP contribution in [0.1, 0.15) is 23.5 Å². The number of nitrogens with one attached hydrogen (secondary N) is 1. The molecule has 2 aromatic rings. The first-order valence-corrected chi connectivity index (χ1v) is 6.16. The lowest BCUT2D eigenvalue weighted by Crippen LogP contribution is -2.14. The van der Waals surface area contributed by atoms with Gasteiger partial charge in [-0.25, -0.2) is 4.68 Å². The first-order valence-electron chi connectivity index (χ1n) is 5.39. The number of aryl methyl sites for hydroxylation is 1. The number of aromatic nitrogens is 4. The molecule has 0 bridgehead atoms. The number of hydrogen-bond acceptors (Lipinski definition) is 5. The molecule has 2 aromatic heterocycles. The van der Waals surface area contributed by atoms with Crippen LogP contribution in [-0.4, -0.2) is 25.3 Å². The van der Waals surface area contributed by atoms with E-state index < -0.39 is 6.55 Å². The fourth-order valence-corrected chi connectivity index (χ4v) is 2.14. The predicted octanol–water partition coefficient (Wildman–Crippen LogP) is 1.93. The summed E-state index contributed by atoms with van der Waals surface area (Å²) in [5.74, 6) is -0.314. The van der Waals surface area contributed by atoms with E-state index in [0.29, 0.717) is 26.6 Å². The SMILES string of the molecule is Cc1nn(C(F)F)c(C)c1CC(=O)Nc1cnns1. The highest BCUT2D eigenvalue weighted by Crippen LogP contribution is 2.20. The summed E-state index contributed by atoms with van der Waals surface area (Å²) in [6, 6.07) is 0. The van der Waals surface area contributed by atoms with Crippen LogP contribution in [0.4, 0.5) is 13.8 Å². The quantitative estimate of drug-likeness (QED) is 0.932. The van der Waals surface area contributed by atoms with Gasteiger partial charge in [-0.1, -0.05) is 4.49 Å². The van der Waals surface area contributed by atoms with E-state index in [9.17, 15) is 13.6 Å². The van der Waals surface area contributed by atoms with Crippen LogP contribution in [0.15, 0.2) is 6.20 Å². The van der Waals surface area contributed by atoms with Gasteiger partial charge < -0.3 is 5.32 Å². The van der Waals surface area contributed by atoms with Crippen molar-refractivity contribution in [3.8, 4) is 0 Å². The summed E-state index contributed by atoms with van der Waals surface area (Å²) in [6.07, 6.45) is 1.41. The third kappa shape index (κ3) is 2.92. The van der Waals surface area contributed by atoms with Crippen LogP contribution >= 0.6 is 11.5 Å². The molecule has 0 saturated carbocycles. The van der Waals surface area contributed by atoms with Crippen molar-refractivity contribution in [1.29, 1.82) is 0 Å². The molecule has 0 aromatic carbocycles. The maximum absolute atomic E-state index is 12.6. The van der Waals surface area contributed by atoms with Gasteiger partial charge in [0.25, 0.3) is 0 Å². The zero-order valence-electron chi connectivity index (χ0n) is 10.2. The lowest BCUT2D eigenvalue weighted by Gasteiger charge is -2.04. The smallest absolute Gasteiger partial charge is 0.315 e. The average Bonchev–Trinajstić information content (AvgIpc) is 2.92. The molecule has 0 atom stereocenters. The second-order valence-electron chi connectivity index (χ2n) is 3.88. The number of carbonyl (C=O) groups excluding carboxylic acids is 1. The van der Waals surface area contributed by atoms with Gasteiger partial charge >= 0.3 is 6.55 Å². The van der Waals surface area contributed by atoms with Crippen LogP contribution in [0, 0.1) is 13.8 Å². The minimum atomic E-state index is -2.71. The minimum absolute atomic E-state index is 0.0116. The van der Waals surface area contributed by atoms with Crippen LogP contribution in [0.2, 0.25) is 0 Å². The molecular formula is C10H11F2N5OS. The highest BCUT2D eigenvalue weighted by molar-refractivity contribution is 7.10. The van der Waals surface area contributed by atoms with E-state index in [1.54, 1.807) is 6.92 Å². The molecule has 6 nitrogen and oxygen atoms in total. The summed E-state index contributed by atoms with van der Waals surface area (Å²) in [6.45, 7) is 0.410. The summed E-state index contributed by atoms with van der Waals surface area (Å²) < 4.78 is 29.5. The van der Waals surface area contributed by atoms with Gasteiger partial charge in [-0.2, -0.15) is 13.9 Å². The largest absolute Gasteiger partial charge is 0.333 e. The first-order chi connectivity index (χ1) is 8.99. The third-order valence-corrected chi connectivity index (χ3v) is 3.20. The number of rotatable bonds is 4. The Hall–Kier alpha value is -1.90. The average molecular weight is 287 g/mol. The molecule has 0 saturated heterocycles. The number of hydrogen-bond donors (Lipinski definition) is 1. The highest BCUT2D eigenvalue weighted by atomic mass is 32.1. The topological polar surface area (TPSA) is 72.7 Å². The Balaban J connectivity index is 2.13. The van der Waals surface area contributed by atoms with Gasteiger partial charge in [-0.3, -0.25) is 4.79 Å². The van der Waals surface area contributed by atoms with Gasteiger partial charge in [0.1, 0.15) is 5.00 Å². The van der Waals surface area contributed by atoms with E-state index in [1.165, 1.54) is 13.1 Å². The van der Waals surface area contributed by atoms with Gasteiger partial charge in [-0.15, -0.1) is 5.10 Å². The van der Waals surface area contributed by atoms with E-state index >= 15 is 0 Å². The molecule has 9 heteroatoms. The number of anilines is 1. The third-order valence-electron chi connectivity index (χ3n) is 2.62. The number of carbonyl (C=O) groups is 1. The molecule has 0 radical (unpaired) electrons. The minimum Gasteiger partial charge on any atom is -0.315 e. The van der Waals surface area contributed by atoms with Crippen molar-refractivity contribution in [2.45, 2.75) is 26.8 Å². The van der Waals surface area contributed by atoms with Crippen LogP contribution in [0.25, 0.3) is 0 Å². The van der Waals surface area contributed by atoms with Crippen LogP contribution < -0.4 is 5.32 Å². The van der Waals surface area contributed by atoms with Crippen molar-refractivity contribution < 1.29 is 13.6 Å². The normalized spacial score (nSPS) is 11.0. The van der Waals surface area contributed by atoms with Crippen LogP contribution in [-0.2, 0) is 11.2 Å². The molecule has 0 aliphatic heterocycles.